The minimum atomic E-state index is -1.09. The molecule has 0 aliphatic carbocycles. The number of carbonyl (C=O) groups is 2. The number of rotatable bonds is 5. The molecule has 1 fully saturated rings. The zero-order valence-electron chi connectivity index (χ0n) is 12.0. The molecular weight excluding hydrogens is 304 g/mol. The first kappa shape index (κ1) is 15.1. The number of thioether (sulfide) groups is 1. The number of aliphatic hydroxyl groups is 1. The van der Waals surface area contributed by atoms with Crippen LogP contribution in [0.15, 0.2) is 35.1 Å². The van der Waals surface area contributed by atoms with Crippen molar-refractivity contribution in [2.24, 2.45) is 11.8 Å². The topological polar surface area (TPSA) is 90.7 Å². The molecule has 1 amide bonds. The molecule has 7 heteroatoms. The van der Waals surface area contributed by atoms with Crippen LogP contribution >= 0.6 is 11.8 Å². The number of nitrogens with zero attached hydrogens (tertiary/aromatic N) is 2. The van der Waals surface area contributed by atoms with Gasteiger partial charge in [-0.1, -0.05) is 13.0 Å². The largest absolute Gasteiger partial charge is 0.477 e. The third-order valence-corrected chi connectivity index (χ3v) is 5.54. The van der Waals surface area contributed by atoms with Crippen molar-refractivity contribution in [2.45, 2.75) is 18.7 Å². The van der Waals surface area contributed by atoms with Crippen molar-refractivity contribution in [2.75, 3.05) is 6.61 Å². The van der Waals surface area contributed by atoms with E-state index in [0.29, 0.717) is 10.7 Å². The maximum Gasteiger partial charge on any atom is 0.353 e. The monoisotopic (exact) mass is 320 g/mol. The Morgan fingerprint density at radius 2 is 2.27 bits per heavy atom. The smallest absolute Gasteiger partial charge is 0.353 e. The van der Waals surface area contributed by atoms with Crippen LogP contribution in [-0.4, -0.2) is 44.6 Å². The molecule has 0 bridgehead atoms. The molecule has 0 radical (unpaired) electrons. The van der Waals surface area contributed by atoms with Crippen LogP contribution in [0.2, 0.25) is 0 Å². The van der Waals surface area contributed by atoms with Crippen molar-refractivity contribution >= 4 is 23.6 Å². The number of β-lactam (4-membered cyclic amide) rings is 1. The van der Waals surface area contributed by atoms with Crippen LogP contribution < -0.4 is 0 Å². The van der Waals surface area contributed by atoms with Crippen molar-refractivity contribution in [1.29, 1.82) is 0 Å². The molecule has 2 aliphatic rings. The Balaban J connectivity index is 1.85. The molecule has 116 valence electrons. The van der Waals surface area contributed by atoms with Gasteiger partial charge in [-0.2, -0.15) is 0 Å². The highest BCUT2D eigenvalue weighted by Crippen LogP contribution is 2.49. The number of carbonyl (C=O) groups excluding carboxylic acids is 1. The molecule has 1 aromatic heterocycles. The quantitative estimate of drug-likeness (QED) is 0.789. The fraction of sp³-hybridized carbons (Fsp3) is 0.400. The summed E-state index contributed by atoms with van der Waals surface area (Å²) in [6, 6.07) is 3.52. The minimum absolute atomic E-state index is 0.0705. The van der Waals surface area contributed by atoms with Gasteiger partial charge in [0.15, 0.2) is 0 Å². The lowest BCUT2D eigenvalue weighted by Gasteiger charge is -2.44. The van der Waals surface area contributed by atoms with Crippen LogP contribution in [-0.2, 0) is 15.3 Å². The molecule has 0 spiro atoms. The number of aliphatic carboxylic acids is 1. The zero-order chi connectivity index (χ0) is 15.9. The van der Waals surface area contributed by atoms with E-state index < -0.39 is 11.9 Å². The Labute approximate surface area is 131 Å². The lowest BCUT2D eigenvalue weighted by atomic mass is 9.83. The van der Waals surface area contributed by atoms with Crippen molar-refractivity contribution in [3.05, 3.63) is 40.7 Å². The van der Waals surface area contributed by atoms with Gasteiger partial charge in [0.2, 0.25) is 5.91 Å². The van der Waals surface area contributed by atoms with Gasteiger partial charge in [-0.15, -0.1) is 11.8 Å². The highest BCUT2D eigenvalue weighted by Gasteiger charge is 2.58. The van der Waals surface area contributed by atoms with Gasteiger partial charge in [0.25, 0.3) is 0 Å². The first-order chi connectivity index (χ1) is 10.6. The Morgan fingerprint density at radius 3 is 2.86 bits per heavy atom. The molecule has 0 aromatic carbocycles. The fourth-order valence-electron chi connectivity index (χ4n) is 3.13. The van der Waals surface area contributed by atoms with Gasteiger partial charge >= 0.3 is 5.97 Å². The number of carboxylic acid groups (broad SMARTS) is 1. The summed E-state index contributed by atoms with van der Waals surface area (Å²) in [6.45, 7) is 1.67. The van der Waals surface area contributed by atoms with Crippen LogP contribution in [0.5, 0.6) is 0 Å². The number of aliphatic hydroxyl groups excluding tert-OH is 1. The van der Waals surface area contributed by atoms with E-state index in [0.717, 1.165) is 5.56 Å². The number of hydrogen-bond donors (Lipinski definition) is 2. The molecule has 3 atom stereocenters. The third kappa shape index (κ3) is 2.21. The summed E-state index contributed by atoms with van der Waals surface area (Å²) in [5, 5.41) is 18.8. The Hall–Kier alpha value is -1.86. The van der Waals surface area contributed by atoms with E-state index in [1.165, 1.54) is 16.7 Å². The number of fused-ring (bicyclic) bond motifs is 1. The molecule has 1 saturated heterocycles. The van der Waals surface area contributed by atoms with Crippen LogP contribution in [0.4, 0.5) is 0 Å². The van der Waals surface area contributed by atoms with Crippen LogP contribution in [0, 0.1) is 11.8 Å². The van der Waals surface area contributed by atoms with Gasteiger partial charge in [-0.05, 0) is 11.6 Å². The molecule has 22 heavy (non-hydrogen) atoms. The summed E-state index contributed by atoms with van der Waals surface area (Å²) in [5.74, 6) is -1.35. The second-order valence-corrected chi connectivity index (χ2v) is 6.46. The van der Waals surface area contributed by atoms with Crippen molar-refractivity contribution in [3.8, 4) is 0 Å². The Kier molecular flexibility index (Phi) is 3.92. The summed E-state index contributed by atoms with van der Waals surface area (Å²) < 4.78 is 0. The molecule has 2 N–H and O–H groups in total. The molecule has 6 nitrogen and oxygen atoms in total. The standard InChI is InChI=1S/C15H16N2O4S/c1-8-11-10(6-18)14(19)17(11)12(15(20)21)13(8)22-7-9-3-2-4-16-5-9/h2-5,8,10-11,18H,6-7H2,1H3,(H,20,21)/t8-,10-,11?/m1/s1. The van der Waals surface area contributed by atoms with Gasteiger partial charge in [0.1, 0.15) is 5.70 Å². The summed E-state index contributed by atoms with van der Waals surface area (Å²) in [6.07, 6.45) is 3.43. The highest BCUT2D eigenvalue weighted by atomic mass is 32.2. The average molecular weight is 320 g/mol. The summed E-state index contributed by atoms with van der Waals surface area (Å²) in [4.78, 5) is 29.6. The summed E-state index contributed by atoms with van der Waals surface area (Å²) >= 11 is 1.43. The number of aromatic nitrogens is 1. The van der Waals surface area contributed by atoms with E-state index in [4.69, 9.17) is 0 Å². The second-order valence-electron chi connectivity index (χ2n) is 5.44. The molecule has 1 aromatic rings. The lowest BCUT2D eigenvalue weighted by molar-refractivity contribution is -0.158. The number of carboxylic acids is 1. The SMILES string of the molecule is C[C@H]1C(SCc2cccnc2)=C(C(=O)O)N2C(=O)[C@H](CO)C12. The third-order valence-electron chi connectivity index (χ3n) is 4.18. The van der Waals surface area contributed by atoms with Crippen molar-refractivity contribution in [3.63, 3.8) is 0 Å². The van der Waals surface area contributed by atoms with E-state index in [2.05, 4.69) is 4.98 Å². The van der Waals surface area contributed by atoms with E-state index in [9.17, 15) is 19.8 Å². The fourth-order valence-corrected chi connectivity index (χ4v) is 4.35. The van der Waals surface area contributed by atoms with Crippen LogP contribution in [0.1, 0.15) is 12.5 Å². The maximum absolute atomic E-state index is 12.0. The predicted molar refractivity (Wildman–Crippen MR) is 80.6 cm³/mol. The maximum atomic E-state index is 12.0. The first-order valence-corrected chi connectivity index (χ1v) is 7.98. The van der Waals surface area contributed by atoms with Crippen LogP contribution in [0.25, 0.3) is 0 Å². The zero-order valence-corrected chi connectivity index (χ0v) is 12.8. The molecule has 3 rings (SSSR count). The van der Waals surface area contributed by atoms with Gasteiger partial charge in [-0.3, -0.25) is 9.78 Å². The summed E-state index contributed by atoms with van der Waals surface area (Å²) in [5.41, 5.74) is 1.07. The molecule has 3 heterocycles. The Morgan fingerprint density at radius 1 is 1.50 bits per heavy atom. The Bertz CT molecular complexity index is 646. The normalized spacial score (nSPS) is 26.9. The van der Waals surface area contributed by atoms with E-state index in [1.807, 2.05) is 19.1 Å². The second kappa shape index (κ2) is 5.73. The molecule has 1 unspecified atom stereocenters. The van der Waals surface area contributed by atoms with E-state index in [-0.39, 0.29) is 30.2 Å². The van der Waals surface area contributed by atoms with Crippen molar-refractivity contribution < 1.29 is 19.8 Å². The first-order valence-electron chi connectivity index (χ1n) is 6.99. The molecule has 0 saturated carbocycles. The molecular formula is C15H16N2O4S. The van der Waals surface area contributed by atoms with E-state index in [1.54, 1.807) is 12.4 Å². The predicted octanol–water partition coefficient (Wildman–Crippen LogP) is 1.08. The van der Waals surface area contributed by atoms with Crippen molar-refractivity contribution in [1.82, 2.24) is 9.88 Å². The van der Waals surface area contributed by atoms with Gasteiger partial charge in [0, 0.05) is 29.0 Å². The average Bonchev–Trinajstić information content (AvgIpc) is 2.76. The number of pyridine rings is 1. The van der Waals surface area contributed by atoms with E-state index >= 15 is 0 Å². The number of hydrogen-bond acceptors (Lipinski definition) is 5. The van der Waals surface area contributed by atoms with Gasteiger partial charge in [-0.25, -0.2) is 4.79 Å². The summed E-state index contributed by atoms with van der Waals surface area (Å²) in [7, 11) is 0. The van der Waals surface area contributed by atoms with Gasteiger partial charge in [0.05, 0.1) is 18.6 Å². The number of amides is 1. The molecule has 2 aliphatic heterocycles. The highest BCUT2D eigenvalue weighted by molar-refractivity contribution is 8.02. The van der Waals surface area contributed by atoms with Crippen LogP contribution in [0.3, 0.4) is 0 Å². The lowest BCUT2D eigenvalue weighted by Crippen LogP contribution is -2.61. The minimum Gasteiger partial charge on any atom is -0.477 e. The van der Waals surface area contributed by atoms with Gasteiger partial charge < -0.3 is 15.1 Å².